The Morgan fingerprint density at radius 1 is 0.789 bits per heavy atom. The Kier molecular flexibility index (Phi) is 6.51. The number of nitrogen functional groups attached to an aromatic ring is 2. The summed E-state index contributed by atoms with van der Waals surface area (Å²) in [6.45, 7) is 4.25. The maximum absolute atomic E-state index is 5.56. The largest absolute Gasteiger partial charge is 0.399 e. The molecule has 0 fully saturated rings. The first kappa shape index (κ1) is 15.1. The van der Waals surface area contributed by atoms with Crippen molar-refractivity contribution in [2.24, 2.45) is 0 Å². The maximum atomic E-state index is 5.56. The van der Waals surface area contributed by atoms with Crippen molar-refractivity contribution in [3.8, 4) is 0 Å². The predicted octanol–water partition coefficient (Wildman–Crippen LogP) is 4.19. The van der Waals surface area contributed by atoms with Crippen molar-refractivity contribution in [3.05, 3.63) is 59.7 Å². The first-order chi connectivity index (χ1) is 9.11. The van der Waals surface area contributed by atoms with E-state index in [0.29, 0.717) is 0 Å². The number of hydrogen-bond acceptors (Lipinski definition) is 2. The summed E-state index contributed by atoms with van der Waals surface area (Å²) in [5.74, 6) is 0. The van der Waals surface area contributed by atoms with Gasteiger partial charge < -0.3 is 11.5 Å². The topological polar surface area (TPSA) is 52.0 Å². The molecule has 2 nitrogen and oxygen atoms in total. The van der Waals surface area contributed by atoms with Crippen molar-refractivity contribution in [1.29, 1.82) is 0 Å². The second-order valence-electron chi connectivity index (χ2n) is 4.76. The van der Waals surface area contributed by atoms with Crippen LogP contribution < -0.4 is 11.5 Å². The molecule has 0 aliphatic carbocycles. The third-order valence-electron chi connectivity index (χ3n) is 2.88. The fourth-order valence-corrected chi connectivity index (χ4v) is 1.63. The number of hydrogen-bond donors (Lipinski definition) is 2. The van der Waals surface area contributed by atoms with Gasteiger partial charge in [0, 0.05) is 11.4 Å². The zero-order valence-electron chi connectivity index (χ0n) is 11.9. The molecule has 102 valence electrons. The van der Waals surface area contributed by atoms with Crippen LogP contribution in [0.5, 0.6) is 0 Å². The lowest BCUT2D eigenvalue weighted by atomic mass is 10.1. The van der Waals surface area contributed by atoms with Crippen LogP contribution in [0.2, 0.25) is 0 Å². The van der Waals surface area contributed by atoms with Crippen molar-refractivity contribution in [1.82, 2.24) is 0 Å². The molecule has 19 heavy (non-hydrogen) atoms. The van der Waals surface area contributed by atoms with Crippen molar-refractivity contribution in [2.75, 3.05) is 11.5 Å². The highest BCUT2D eigenvalue weighted by molar-refractivity contribution is 5.39. The minimum Gasteiger partial charge on any atom is -0.399 e. The lowest BCUT2D eigenvalue weighted by molar-refractivity contribution is 0.795. The number of anilines is 2. The molecule has 0 saturated carbocycles. The summed E-state index contributed by atoms with van der Waals surface area (Å²) < 4.78 is 0. The molecule has 2 heteroatoms. The van der Waals surface area contributed by atoms with Crippen molar-refractivity contribution in [3.63, 3.8) is 0 Å². The average molecular weight is 256 g/mol. The third-order valence-corrected chi connectivity index (χ3v) is 2.88. The molecule has 2 aromatic carbocycles. The van der Waals surface area contributed by atoms with Crippen LogP contribution in [0.3, 0.4) is 0 Å². The second kappa shape index (κ2) is 8.20. The van der Waals surface area contributed by atoms with Gasteiger partial charge in [-0.3, -0.25) is 0 Å². The van der Waals surface area contributed by atoms with E-state index in [1.807, 2.05) is 43.3 Å². The van der Waals surface area contributed by atoms with Gasteiger partial charge >= 0.3 is 0 Å². The maximum Gasteiger partial charge on any atom is 0.0314 e. The summed E-state index contributed by atoms with van der Waals surface area (Å²) in [6.07, 6.45) is 3.70. The van der Waals surface area contributed by atoms with E-state index in [1.54, 1.807) is 0 Å². The van der Waals surface area contributed by atoms with Gasteiger partial charge in [0.1, 0.15) is 0 Å². The Balaban J connectivity index is 0.000000200. The molecule has 0 spiro atoms. The number of benzene rings is 2. The van der Waals surface area contributed by atoms with E-state index in [9.17, 15) is 0 Å². The highest BCUT2D eigenvalue weighted by atomic mass is 14.5. The summed E-state index contributed by atoms with van der Waals surface area (Å²) in [5, 5.41) is 0. The summed E-state index contributed by atoms with van der Waals surface area (Å²) >= 11 is 0. The molecule has 0 heterocycles. The molecular formula is C17H24N2. The van der Waals surface area contributed by atoms with E-state index >= 15 is 0 Å². The molecule has 0 radical (unpaired) electrons. The predicted molar refractivity (Wildman–Crippen MR) is 85.1 cm³/mol. The molecule has 0 aliphatic heterocycles. The lowest BCUT2D eigenvalue weighted by Gasteiger charge is -1.99. The van der Waals surface area contributed by atoms with Gasteiger partial charge in [0.15, 0.2) is 0 Å². The van der Waals surface area contributed by atoms with Gasteiger partial charge in [0.25, 0.3) is 0 Å². The minimum absolute atomic E-state index is 0.829. The average Bonchev–Trinajstić information content (AvgIpc) is 2.42. The van der Waals surface area contributed by atoms with Crippen LogP contribution in [0.4, 0.5) is 11.4 Å². The monoisotopic (exact) mass is 256 g/mol. The molecule has 4 N–H and O–H groups in total. The van der Waals surface area contributed by atoms with E-state index < -0.39 is 0 Å². The molecule has 0 saturated heterocycles. The van der Waals surface area contributed by atoms with Crippen LogP contribution >= 0.6 is 0 Å². The van der Waals surface area contributed by atoms with E-state index in [1.165, 1.54) is 30.4 Å². The smallest absolute Gasteiger partial charge is 0.0314 e. The lowest BCUT2D eigenvalue weighted by Crippen LogP contribution is -1.87. The van der Waals surface area contributed by atoms with Gasteiger partial charge in [-0.05, 0) is 49.6 Å². The molecule has 2 rings (SSSR count). The summed E-state index contributed by atoms with van der Waals surface area (Å²) in [6, 6.07) is 15.9. The second-order valence-corrected chi connectivity index (χ2v) is 4.76. The summed E-state index contributed by atoms with van der Waals surface area (Å²) in [7, 11) is 0. The third kappa shape index (κ3) is 6.51. The van der Waals surface area contributed by atoms with Gasteiger partial charge in [0.05, 0.1) is 0 Å². The molecular weight excluding hydrogens is 232 g/mol. The minimum atomic E-state index is 0.829. The van der Waals surface area contributed by atoms with Gasteiger partial charge in [-0.1, -0.05) is 43.2 Å². The Bertz CT molecular complexity index is 437. The van der Waals surface area contributed by atoms with Crippen LogP contribution in [0.1, 0.15) is 30.9 Å². The Morgan fingerprint density at radius 3 is 1.68 bits per heavy atom. The van der Waals surface area contributed by atoms with Crippen LogP contribution in [-0.2, 0) is 6.42 Å². The fraction of sp³-hybridized carbons (Fsp3) is 0.294. The van der Waals surface area contributed by atoms with E-state index in [2.05, 4.69) is 19.1 Å². The molecule has 0 bridgehead atoms. The SMILES string of the molecule is CCCCc1ccc(N)cc1.Cc1ccc(N)cc1. The van der Waals surface area contributed by atoms with Gasteiger partial charge in [-0.2, -0.15) is 0 Å². The number of unbranched alkanes of at least 4 members (excludes halogenated alkanes) is 1. The van der Waals surface area contributed by atoms with Crippen LogP contribution in [-0.4, -0.2) is 0 Å². The molecule has 0 aromatic heterocycles. The zero-order valence-corrected chi connectivity index (χ0v) is 11.9. The standard InChI is InChI=1S/C10H15N.C7H9N/c1-2-3-4-9-5-7-10(11)8-6-9;1-6-2-4-7(8)5-3-6/h5-8H,2-4,11H2,1H3;2-5H,8H2,1H3. The fourth-order valence-electron chi connectivity index (χ4n) is 1.63. The number of rotatable bonds is 3. The first-order valence-corrected chi connectivity index (χ1v) is 6.78. The number of nitrogens with two attached hydrogens (primary N) is 2. The molecule has 0 amide bonds. The zero-order chi connectivity index (χ0) is 14.1. The highest BCUT2D eigenvalue weighted by Crippen LogP contribution is 2.08. The Hall–Kier alpha value is -1.96. The van der Waals surface area contributed by atoms with Crippen molar-refractivity contribution in [2.45, 2.75) is 33.1 Å². The summed E-state index contributed by atoms with van der Waals surface area (Å²) in [5.41, 5.74) is 15.3. The van der Waals surface area contributed by atoms with Crippen molar-refractivity contribution >= 4 is 11.4 Å². The molecule has 0 aliphatic rings. The van der Waals surface area contributed by atoms with Crippen molar-refractivity contribution < 1.29 is 0 Å². The normalized spacial score (nSPS) is 9.58. The van der Waals surface area contributed by atoms with E-state index in [4.69, 9.17) is 11.5 Å². The molecule has 2 aromatic rings. The van der Waals surface area contributed by atoms with Gasteiger partial charge in [0.2, 0.25) is 0 Å². The van der Waals surface area contributed by atoms with E-state index in [-0.39, 0.29) is 0 Å². The van der Waals surface area contributed by atoms with Crippen LogP contribution in [0.15, 0.2) is 48.5 Å². The van der Waals surface area contributed by atoms with E-state index in [0.717, 1.165) is 11.4 Å². The van der Waals surface area contributed by atoms with Gasteiger partial charge in [-0.25, -0.2) is 0 Å². The van der Waals surface area contributed by atoms with Crippen LogP contribution in [0.25, 0.3) is 0 Å². The molecule has 0 unspecified atom stereocenters. The summed E-state index contributed by atoms with van der Waals surface area (Å²) in [4.78, 5) is 0. The quantitative estimate of drug-likeness (QED) is 0.809. The molecule has 0 atom stereocenters. The Labute approximate surface area is 116 Å². The Morgan fingerprint density at radius 2 is 1.26 bits per heavy atom. The van der Waals surface area contributed by atoms with Gasteiger partial charge in [-0.15, -0.1) is 0 Å². The van der Waals surface area contributed by atoms with Crippen LogP contribution in [0, 0.1) is 6.92 Å². The number of aryl methyl sites for hydroxylation is 2. The highest BCUT2D eigenvalue weighted by Gasteiger charge is 1.90. The first-order valence-electron chi connectivity index (χ1n) is 6.78.